The van der Waals surface area contributed by atoms with Crippen molar-refractivity contribution in [3.8, 4) is 0 Å². The van der Waals surface area contributed by atoms with Crippen LogP contribution in [0.15, 0.2) is 12.7 Å². The van der Waals surface area contributed by atoms with Crippen LogP contribution in [0.2, 0.25) is 0 Å². The van der Waals surface area contributed by atoms with Crippen LogP contribution in [-0.4, -0.2) is 74.7 Å². The molecule has 2 bridgehead atoms. The molecule has 33 heavy (non-hydrogen) atoms. The molecule has 184 valence electrons. The van der Waals surface area contributed by atoms with Gasteiger partial charge in [-0.3, -0.25) is 9.09 Å². The Kier molecular flexibility index (Phi) is 6.08. The summed E-state index contributed by atoms with van der Waals surface area (Å²) in [5, 5.41) is 10.8. The molecule has 0 saturated carbocycles. The summed E-state index contributed by atoms with van der Waals surface area (Å²) in [5.74, 6) is 0.0964. The number of nitrogens with two attached hydrogens (primary N) is 1. The topological polar surface area (TPSA) is 268 Å². The number of hydrogen-bond donors (Lipinski definition) is 6. The van der Waals surface area contributed by atoms with Gasteiger partial charge in [0, 0.05) is 0 Å². The van der Waals surface area contributed by atoms with Crippen molar-refractivity contribution < 1.29 is 61.0 Å². The number of nitrogen functional groups attached to an aromatic ring is 1. The van der Waals surface area contributed by atoms with Gasteiger partial charge in [-0.2, -0.15) is 8.62 Å². The maximum absolute atomic E-state index is 12.2. The highest BCUT2D eigenvalue weighted by Crippen LogP contribution is 2.67. The summed E-state index contributed by atoms with van der Waals surface area (Å²) < 4.78 is 59.6. The second-order valence-electron chi connectivity index (χ2n) is 7.11. The van der Waals surface area contributed by atoms with E-state index < -0.39 is 53.6 Å². The van der Waals surface area contributed by atoms with Crippen molar-refractivity contribution >= 4 is 40.4 Å². The van der Waals surface area contributed by atoms with E-state index in [1.807, 2.05) is 0 Å². The molecule has 2 aromatic heterocycles. The lowest BCUT2D eigenvalue weighted by atomic mass is 9.94. The van der Waals surface area contributed by atoms with Gasteiger partial charge < -0.3 is 39.9 Å². The van der Waals surface area contributed by atoms with E-state index in [0.29, 0.717) is 0 Å². The van der Waals surface area contributed by atoms with Gasteiger partial charge in [-0.1, -0.05) is 0 Å². The van der Waals surface area contributed by atoms with Gasteiger partial charge in [0.05, 0.1) is 12.9 Å². The number of rotatable bonds is 8. The number of fused-ring (bicyclic) bond motifs is 3. The number of aromatic nitrogens is 4. The molecule has 2 aliphatic heterocycles. The predicted octanol–water partition coefficient (Wildman–Crippen LogP) is -0.832. The predicted molar refractivity (Wildman–Crippen MR) is 103 cm³/mol. The Morgan fingerprint density at radius 3 is 2.55 bits per heavy atom. The van der Waals surface area contributed by atoms with Crippen molar-refractivity contribution in [2.45, 2.75) is 37.1 Å². The summed E-state index contributed by atoms with van der Waals surface area (Å²) in [5.41, 5.74) is 4.52. The molecular formula is C12H18N5O13P3. The molecule has 18 nitrogen and oxygen atoms in total. The highest BCUT2D eigenvalue weighted by Gasteiger charge is 2.65. The van der Waals surface area contributed by atoms with Gasteiger partial charge in [0.1, 0.15) is 35.8 Å². The summed E-state index contributed by atoms with van der Waals surface area (Å²) >= 11 is 0. The maximum atomic E-state index is 12.2. The zero-order valence-electron chi connectivity index (χ0n) is 16.4. The van der Waals surface area contributed by atoms with E-state index in [1.54, 1.807) is 0 Å². The number of phosphoric ester groups is 1. The third kappa shape index (κ3) is 4.63. The molecule has 4 rings (SSSR count). The third-order valence-electron chi connectivity index (χ3n) is 4.99. The first-order valence-electron chi connectivity index (χ1n) is 8.87. The highest BCUT2D eigenvalue weighted by molar-refractivity contribution is 7.66. The number of phosphoric acid groups is 3. The molecule has 2 aromatic rings. The zero-order valence-corrected chi connectivity index (χ0v) is 19.1. The first-order chi connectivity index (χ1) is 15.1. The monoisotopic (exact) mass is 533 g/mol. The number of anilines is 1. The minimum atomic E-state index is -5.72. The van der Waals surface area contributed by atoms with Crippen LogP contribution >= 0.6 is 23.5 Å². The van der Waals surface area contributed by atoms with E-state index in [1.165, 1.54) is 24.1 Å². The van der Waals surface area contributed by atoms with E-state index in [2.05, 4.69) is 23.6 Å². The molecule has 0 radical (unpaired) electrons. The normalized spacial score (nSPS) is 32.0. The van der Waals surface area contributed by atoms with E-state index in [0.717, 1.165) is 0 Å². The second-order valence-corrected chi connectivity index (χ2v) is 11.5. The number of aliphatic hydroxyl groups excluding tert-OH is 1. The molecule has 0 spiro atoms. The Hall–Kier alpha value is -1.36. The van der Waals surface area contributed by atoms with E-state index in [9.17, 15) is 28.6 Å². The first-order valence-corrected chi connectivity index (χ1v) is 13.4. The van der Waals surface area contributed by atoms with E-state index >= 15 is 0 Å². The summed E-state index contributed by atoms with van der Waals surface area (Å²) in [6, 6.07) is 0. The fourth-order valence-electron chi connectivity index (χ4n) is 3.63. The first kappa shape index (κ1) is 24.8. The summed E-state index contributed by atoms with van der Waals surface area (Å²) in [6.45, 7) is 0.873. The Labute approximate surface area is 183 Å². The lowest BCUT2D eigenvalue weighted by molar-refractivity contribution is -0.202. The number of nitrogens with zero attached hydrogens (tertiary/aromatic N) is 4. The second kappa shape index (κ2) is 8.10. The Balaban J connectivity index is 1.55. The van der Waals surface area contributed by atoms with Gasteiger partial charge in [-0.05, 0) is 6.92 Å². The SMILES string of the molecule is CC(OP(=O)(O)OP(=O)(O)OP(=O)(O)O)[C@@]12CO[C@@H]([C@H](n3cnc4c(N)ncnc43)O1)[C@@H]2O. The number of imidazole rings is 1. The van der Waals surface area contributed by atoms with Crippen LogP contribution in [0, 0.1) is 0 Å². The molecule has 7 N–H and O–H groups in total. The van der Waals surface area contributed by atoms with Crippen molar-refractivity contribution in [2.24, 2.45) is 0 Å². The van der Waals surface area contributed by atoms with E-state index in [4.69, 9.17) is 29.5 Å². The average Bonchev–Trinajstić information content (AvgIpc) is 3.29. The van der Waals surface area contributed by atoms with Crippen molar-refractivity contribution in [3.63, 3.8) is 0 Å². The standard InChI is InChI=1S/C12H18N5O13P3/c1-5(28-32(22,23)30-33(24,25)29-31(19,20)21)12-2-26-7(8(12)18)11(27-12)17-4-16-6-9(13)14-3-15-10(6)17/h3-5,7-8,11,18H,2H2,1H3,(H,22,23)(H,24,25)(H2,13,14,15)(H2,19,20,21)/t5?,7-,8+,11-,12-/m1/s1. The molecule has 3 unspecified atom stereocenters. The van der Waals surface area contributed by atoms with Crippen molar-refractivity contribution in [1.29, 1.82) is 0 Å². The number of ether oxygens (including phenoxy) is 2. The molecule has 7 atom stereocenters. The fourth-order valence-corrected chi connectivity index (χ4v) is 6.87. The van der Waals surface area contributed by atoms with Crippen LogP contribution in [0.25, 0.3) is 11.2 Å². The molecule has 2 fully saturated rings. The molecule has 2 aliphatic rings. The molecular weight excluding hydrogens is 515 g/mol. The van der Waals surface area contributed by atoms with Crippen LogP contribution < -0.4 is 5.73 Å². The third-order valence-corrected chi connectivity index (χ3v) is 8.90. The lowest BCUT2D eigenvalue weighted by Gasteiger charge is -2.35. The molecule has 0 amide bonds. The Bertz CT molecular complexity index is 1220. The Morgan fingerprint density at radius 1 is 1.18 bits per heavy atom. The van der Waals surface area contributed by atoms with Crippen molar-refractivity contribution in [1.82, 2.24) is 19.5 Å². The molecule has 0 aromatic carbocycles. The number of hydrogen-bond acceptors (Lipinski definition) is 13. The fraction of sp³-hybridized carbons (Fsp3) is 0.583. The van der Waals surface area contributed by atoms with Crippen molar-refractivity contribution in [3.05, 3.63) is 12.7 Å². The van der Waals surface area contributed by atoms with Crippen LogP contribution in [0.4, 0.5) is 5.82 Å². The molecule has 4 heterocycles. The van der Waals surface area contributed by atoms with Crippen LogP contribution in [0.1, 0.15) is 13.2 Å². The summed E-state index contributed by atoms with van der Waals surface area (Å²) in [4.78, 5) is 48.3. The van der Waals surface area contributed by atoms with Gasteiger partial charge in [0.2, 0.25) is 0 Å². The quantitative estimate of drug-likeness (QED) is 0.226. The molecule has 0 aliphatic carbocycles. The van der Waals surface area contributed by atoms with Gasteiger partial charge >= 0.3 is 23.5 Å². The number of aliphatic hydroxyl groups is 1. The molecule has 21 heteroatoms. The van der Waals surface area contributed by atoms with Crippen LogP contribution in [0.3, 0.4) is 0 Å². The van der Waals surface area contributed by atoms with Gasteiger partial charge in [-0.25, -0.2) is 28.6 Å². The highest BCUT2D eigenvalue weighted by atomic mass is 31.3. The summed E-state index contributed by atoms with van der Waals surface area (Å²) in [6.07, 6.45) is -2.44. The largest absolute Gasteiger partial charge is 0.490 e. The van der Waals surface area contributed by atoms with E-state index in [-0.39, 0.29) is 23.6 Å². The summed E-state index contributed by atoms with van der Waals surface area (Å²) in [7, 11) is -16.7. The van der Waals surface area contributed by atoms with Gasteiger partial charge in [-0.15, -0.1) is 0 Å². The van der Waals surface area contributed by atoms with Crippen LogP contribution in [-0.2, 0) is 36.3 Å². The smallest absolute Gasteiger partial charge is 0.387 e. The zero-order chi connectivity index (χ0) is 24.4. The molecule has 2 saturated heterocycles. The minimum Gasteiger partial charge on any atom is -0.387 e. The van der Waals surface area contributed by atoms with Crippen molar-refractivity contribution in [2.75, 3.05) is 12.3 Å². The Morgan fingerprint density at radius 2 is 1.88 bits per heavy atom. The average molecular weight is 533 g/mol. The lowest BCUT2D eigenvalue weighted by Crippen LogP contribution is -2.50. The maximum Gasteiger partial charge on any atom is 0.490 e. The van der Waals surface area contributed by atoms with Gasteiger partial charge in [0.15, 0.2) is 17.7 Å². The van der Waals surface area contributed by atoms with Gasteiger partial charge in [0.25, 0.3) is 0 Å². The minimum absolute atomic E-state index is 0.0964. The van der Waals surface area contributed by atoms with Crippen LogP contribution in [0.5, 0.6) is 0 Å².